The molecule has 0 aliphatic carbocycles. The van der Waals surface area contributed by atoms with Crippen molar-refractivity contribution in [1.82, 2.24) is 19.6 Å². The highest BCUT2D eigenvalue weighted by atomic mass is 16.3. The van der Waals surface area contributed by atoms with E-state index in [0.29, 0.717) is 13.1 Å². The molecular formula is C16H20N4O2. The van der Waals surface area contributed by atoms with Crippen molar-refractivity contribution in [3.63, 3.8) is 0 Å². The summed E-state index contributed by atoms with van der Waals surface area (Å²) in [6, 6.07) is 12.0. The maximum absolute atomic E-state index is 11.4. The van der Waals surface area contributed by atoms with Crippen LogP contribution in [0.4, 0.5) is 0 Å². The van der Waals surface area contributed by atoms with Crippen LogP contribution in [0.15, 0.2) is 42.6 Å². The number of hydrogen-bond acceptors (Lipinski definition) is 4. The molecule has 0 bridgehead atoms. The van der Waals surface area contributed by atoms with E-state index in [-0.39, 0.29) is 5.91 Å². The van der Waals surface area contributed by atoms with Crippen LogP contribution < -0.4 is 0 Å². The van der Waals surface area contributed by atoms with Crippen molar-refractivity contribution in [2.75, 3.05) is 32.8 Å². The van der Waals surface area contributed by atoms with Gasteiger partial charge in [-0.25, -0.2) is 4.68 Å². The van der Waals surface area contributed by atoms with E-state index in [2.05, 4.69) is 10.00 Å². The van der Waals surface area contributed by atoms with Gasteiger partial charge in [-0.15, -0.1) is 0 Å². The van der Waals surface area contributed by atoms with Crippen molar-refractivity contribution in [3.8, 4) is 5.69 Å². The van der Waals surface area contributed by atoms with Crippen LogP contribution in [0.3, 0.4) is 0 Å². The fourth-order valence-corrected chi connectivity index (χ4v) is 2.66. The molecule has 3 rings (SSSR count). The van der Waals surface area contributed by atoms with Crippen molar-refractivity contribution in [2.24, 2.45) is 0 Å². The van der Waals surface area contributed by atoms with E-state index >= 15 is 0 Å². The zero-order valence-electron chi connectivity index (χ0n) is 12.4. The molecule has 1 aromatic heterocycles. The Kier molecular flexibility index (Phi) is 4.50. The van der Waals surface area contributed by atoms with Gasteiger partial charge in [0.15, 0.2) is 0 Å². The molecule has 1 saturated heterocycles. The van der Waals surface area contributed by atoms with Gasteiger partial charge in [0.2, 0.25) is 5.91 Å². The lowest BCUT2D eigenvalue weighted by Crippen LogP contribution is -2.49. The van der Waals surface area contributed by atoms with E-state index in [4.69, 9.17) is 5.11 Å². The maximum atomic E-state index is 11.4. The Balaban J connectivity index is 1.57. The predicted molar refractivity (Wildman–Crippen MR) is 82.5 cm³/mol. The van der Waals surface area contributed by atoms with E-state index in [1.54, 1.807) is 4.90 Å². The Morgan fingerprint density at radius 3 is 2.50 bits per heavy atom. The fraction of sp³-hybridized carbons (Fsp3) is 0.375. The molecule has 1 aliphatic heterocycles. The fourth-order valence-electron chi connectivity index (χ4n) is 2.66. The SMILES string of the molecule is O=C(CO)N1CCN(Cc2ccn(-c3ccccc3)n2)CC1. The minimum Gasteiger partial charge on any atom is -0.387 e. The molecule has 0 spiro atoms. The van der Waals surface area contributed by atoms with Crippen LogP contribution in [-0.4, -0.2) is 63.4 Å². The van der Waals surface area contributed by atoms with Crippen molar-refractivity contribution in [1.29, 1.82) is 0 Å². The number of hydrogen-bond donors (Lipinski definition) is 1. The zero-order valence-corrected chi connectivity index (χ0v) is 12.4. The van der Waals surface area contributed by atoms with Gasteiger partial charge in [-0.05, 0) is 18.2 Å². The van der Waals surface area contributed by atoms with E-state index in [0.717, 1.165) is 31.0 Å². The van der Waals surface area contributed by atoms with Crippen LogP contribution in [0, 0.1) is 0 Å². The zero-order chi connectivity index (χ0) is 15.4. The van der Waals surface area contributed by atoms with Crippen LogP contribution in [0.5, 0.6) is 0 Å². The Morgan fingerprint density at radius 1 is 1.09 bits per heavy atom. The molecular weight excluding hydrogens is 280 g/mol. The van der Waals surface area contributed by atoms with E-state index in [9.17, 15) is 4.79 Å². The largest absolute Gasteiger partial charge is 0.387 e. The number of nitrogens with zero attached hydrogens (tertiary/aromatic N) is 4. The van der Waals surface area contributed by atoms with Gasteiger partial charge in [0.1, 0.15) is 6.61 Å². The molecule has 0 saturated carbocycles. The lowest BCUT2D eigenvalue weighted by Gasteiger charge is -2.34. The van der Waals surface area contributed by atoms with Gasteiger partial charge in [0.25, 0.3) is 0 Å². The van der Waals surface area contributed by atoms with Gasteiger partial charge in [-0.2, -0.15) is 5.10 Å². The summed E-state index contributed by atoms with van der Waals surface area (Å²) < 4.78 is 1.88. The summed E-state index contributed by atoms with van der Waals surface area (Å²) >= 11 is 0. The highest BCUT2D eigenvalue weighted by Gasteiger charge is 2.20. The molecule has 1 amide bonds. The molecule has 1 fully saturated rings. The number of rotatable bonds is 4. The van der Waals surface area contributed by atoms with Gasteiger partial charge in [-0.1, -0.05) is 18.2 Å². The predicted octanol–water partition coefficient (Wildman–Crippen LogP) is 0.509. The van der Waals surface area contributed by atoms with Gasteiger partial charge in [0, 0.05) is 38.9 Å². The third-order valence-corrected chi connectivity index (χ3v) is 3.91. The molecule has 0 unspecified atom stereocenters. The number of aromatic nitrogens is 2. The highest BCUT2D eigenvalue weighted by molar-refractivity contribution is 5.77. The van der Waals surface area contributed by atoms with Crippen LogP contribution >= 0.6 is 0 Å². The smallest absolute Gasteiger partial charge is 0.248 e. The van der Waals surface area contributed by atoms with Gasteiger partial charge in [0.05, 0.1) is 11.4 Å². The normalized spacial score (nSPS) is 16.0. The van der Waals surface area contributed by atoms with Crippen LogP contribution in [-0.2, 0) is 11.3 Å². The van der Waals surface area contributed by atoms with E-state index in [1.165, 1.54) is 0 Å². The topological polar surface area (TPSA) is 61.6 Å². The summed E-state index contributed by atoms with van der Waals surface area (Å²) in [4.78, 5) is 15.4. The number of para-hydroxylation sites is 1. The summed E-state index contributed by atoms with van der Waals surface area (Å²) in [6.07, 6.45) is 1.97. The Morgan fingerprint density at radius 2 is 1.82 bits per heavy atom. The summed E-state index contributed by atoms with van der Waals surface area (Å²) in [5.41, 5.74) is 2.07. The molecule has 1 aliphatic rings. The number of aliphatic hydroxyl groups is 1. The summed E-state index contributed by atoms with van der Waals surface area (Å²) in [7, 11) is 0. The first kappa shape index (κ1) is 14.7. The molecule has 22 heavy (non-hydrogen) atoms. The minimum atomic E-state index is -0.401. The van der Waals surface area contributed by atoms with Crippen LogP contribution in [0.25, 0.3) is 5.69 Å². The van der Waals surface area contributed by atoms with Gasteiger partial charge < -0.3 is 10.0 Å². The van der Waals surface area contributed by atoms with Crippen molar-refractivity contribution in [2.45, 2.75) is 6.54 Å². The summed E-state index contributed by atoms with van der Waals surface area (Å²) in [5.74, 6) is -0.187. The standard InChI is InChI=1S/C16H20N4O2/c21-13-16(22)19-10-8-18(9-11-19)12-14-6-7-20(17-14)15-4-2-1-3-5-15/h1-7,21H,8-13H2. The quantitative estimate of drug-likeness (QED) is 0.894. The average Bonchev–Trinajstić information content (AvgIpc) is 3.04. The molecule has 1 N–H and O–H groups in total. The lowest BCUT2D eigenvalue weighted by molar-refractivity contribution is -0.136. The lowest BCUT2D eigenvalue weighted by atomic mass is 10.3. The molecule has 0 atom stereocenters. The second-order valence-electron chi connectivity index (χ2n) is 5.40. The van der Waals surface area contributed by atoms with Gasteiger partial charge >= 0.3 is 0 Å². The minimum absolute atomic E-state index is 0.187. The molecule has 116 valence electrons. The first-order valence-electron chi connectivity index (χ1n) is 7.47. The second kappa shape index (κ2) is 6.72. The highest BCUT2D eigenvalue weighted by Crippen LogP contribution is 2.10. The number of carbonyl (C=O) groups is 1. The second-order valence-corrected chi connectivity index (χ2v) is 5.40. The van der Waals surface area contributed by atoms with E-state index in [1.807, 2.05) is 47.3 Å². The maximum Gasteiger partial charge on any atom is 0.248 e. The molecule has 6 heteroatoms. The molecule has 0 radical (unpaired) electrons. The summed E-state index contributed by atoms with van der Waals surface area (Å²) in [5, 5.41) is 13.5. The molecule has 2 aromatic rings. The van der Waals surface area contributed by atoms with Gasteiger partial charge in [-0.3, -0.25) is 9.69 Å². The Labute approximate surface area is 129 Å². The third kappa shape index (κ3) is 3.35. The monoisotopic (exact) mass is 300 g/mol. The van der Waals surface area contributed by atoms with Crippen LogP contribution in [0.2, 0.25) is 0 Å². The van der Waals surface area contributed by atoms with E-state index < -0.39 is 6.61 Å². The Bertz CT molecular complexity index is 618. The molecule has 1 aromatic carbocycles. The molecule has 6 nitrogen and oxygen atoms in total. The first-order valence-corrected chi connectivity index (χ1v) is 7.47. The first-order chi connectivity index (χ1) is 10.8. The number of amides is 1. The number of carbonyl (C=O) groups excluding carboxylic acids is 1. The Hall–Kier alpha value is -2.18. The number of piperazine rings is 1. The van der Waals surface area contributed by atoms with Crippen LogP contribution in [0.1, 0.15) is 5.69 Å². The third-order valence-electron chi connectivity index (χ3n) is 3.91. The van der Waals surface area contributed by atoms with Crippen molar-refractivity contribution < 1.29 is 9.90 Å². The summed E-state index contributed by atoms with van der Waals surface area (Å²) in [6.45, 7) is 3.33. The van der Waals surface area contributed by atoms with Crippen molar-refractivity contribution >= 4 is 5.91 Å². The number of aliphatic hydroxyl groups excluding tert-OH is 1. The molecule has 2 heterocycles. The average molecular weight is 300 g/mol. The number of benzene rings is 1. The van der Waals surface area contributed by atoms with Crippen molar-refractivity contribution in [3.05, 3.63) is 48.3 Å².